The van der Waals surface area contributed by atoms with Crippen LogP contribution in [0.4, 0.5) is 0 Å². The third kappa shape index (κ3) is 6.05. The summed E-state index contributed by atoms with van der Waals surface area (Å²) in [4.78, 5) is 0. The van der Waals surface area contributed by atoms with Crippen LogP contribution in [0.15, 0.2) is 0 Å². The fourth-order valence-electron chi connectivity index (χ4n) is 11.7. The van der Waals surface area contributed by atoms with Crippen molar-refractivity contribution >= 4 is 19.4 Å². The molecule has 0 radical (unpaired) electrons. The fraction of sp³-hybridized carbons (Fsp3) is 0.969. The van der Waals surface area contributed by atoms with Crippen LogP contribution in [-0.2, 0) is 15.1 Å². The maximum absolute atomic E-state index is 4.95. The molecule has 240 valence electrons. The van der Waals surface area contributed by atoms with Gasteiger partial charge in [-0.2, -0.15) is 6.42 Å². The molecular weight excluding hydrogens is 633 g/mol. The first-order chi connectivity index (χ1) is 21.2. The van der Waals surface area contributed by atoms with Crippen molar-refractivity contribution < 1.29 is 15.1 Å². The molecule has 43 heavy (non-hydrogen) atoms. The maximum atomic E-state index is 4.95. The summed E-state index contributed by atoms with van der Waals surface area (Å²) in [5.74, 6) is 5.74. The molecule has 9 rings (SSSR count). The molecule has 0 amide bonds. The number of hydrogen-bond donors (Lipinski definition) is 8. The zero-order chi connectivity index (χ0) is 28.9. The molecule has 0 spiro atoms. The van der Waals surface area contributed by atoms with E-state index in [1.807, 2.05) is 0 Å². The second kappa shape index (κ2) is 13.8. The minimum absolute atomic E-state index is 0.365. The topological polar surface area (TPSA) is 96.2 Å². The Labute approximate surface area is 275 Å². The van der Waals surface area contributed by atoms with Crippen LogP contribution in [0, 0.1) is 53.8 Å². The Morgan fingerprint density at radius 1 is 0.372 bits per heavy atom. The van der Waals surface area contributed by atoms with Gasteiger partial charge in [0.05, 0.1) is 43.2 Å². The van der Waals surface area contributed by atoms with Crippen molar-refractivity contribution in [2.45, 2.75) is 146 Å². The molecule has 0 aromatic carbocycles. The van der Waals surface area contributed by atoms with Gasteiger partial charge in [-0.05, 0) is 80.0 Å². The van der Waals surface area contributed by atoms with Gasteiger partial charge in [-0.3, -0.25) is 42.5 Å². The van der Waals surface area contributed by atoms with Gasteiger partial charge in [-0.15, -0.1) is 5.92 Å². The zero-order valence-electron chi connectivity index (χ0n) is 25.9. The summed E-state index contributed by atoms with van der Waals surface area (Å²) >= 11 is -0.931. The molecule has 8 nitrogen and oxygen atoms in total. The van der Waals surface area contributed by atoms with Crippen LogP contribution in [0.1, 0.15) is 96.3 Å². The van der Waals surface area contributed by atoms with E-state index < -0.39 is 15.1 Å². The molecule has 11 heteroatoms. The van der Waals surface area contributed by atoms with E-state index >= 15 is 0 Å². The Morgan fingerprint density at radius 2 is 0.628 bits per heavy atom. The van der Waals surface area contributed by atoms with Crippen LogP contribution in [0.2, 0.25) is 0 Å². The Morgan fingerprint density at radius 3 is 0.953 bits per heavy atom. The van der Waals surface area contributed by atoms with Crippen molar-refractivity contribution in [3.8, 4) is 0 Å². The van der Waals surface area contributed by atoms with Crippen LogP contribution in [0.3, 0.4) is 0 Å². The van der Waals surface area contributed by atoms with Gasteiger partial charge < -0.3 is 6.42 Å². The Bertz CT molecular complexity index is 743. The molecule has 5 aliphatic heterocycles. The summed E-state index contributed by atoms with van der Waals surface area (Å²) in [6.45, 7) is 0. The Hall–Kier alpha value is 0.883. The molecule has 4 aliphatic carbocycles. The zero-order valence-corrected chi connectivity index (χ0v) is 30.4. The standard InChI is InChI=1S/C32H55N8.2ClH.Zn/c1-2-10-18-17(9-1)25-33-26(18)38-28-21-13-5-6-14-22(21)30(35-28)40-32-24-16-8-7-15-23(24)31(36-32)39-29-20-12-4-3-11-19(20)27(34-29)37-25;;;/h9,17-40H,1-8,10-16H2;2*1H;/q-1;;;+2/p-2. The summed E-state index contributed by atoms with van der Waals surface area (Å²) in [6.07, 6.45) is 26.4. The Balaban J connectivity index is 0.000000892. The third-order valence-electron chi connectivity index (χ3n) is 13.6. The van der Waals surface area contributed by atoms with Gasteiger partial charge in [0.1, 0.15) is 0 Å². The van der Waals surface area contributed by atoms with Gasteiger partial charge >= 0.3 is 34.5 Å². The molecule has 0 aromatic heterocycles. The fourth-order valence-corrected chi connectivity index (χ4v) is 11.7. The van der Waals surface area contributed by atoms with E-state index in [0.29, 0.717) is 61.2 Å². The average Bonchev–Trinajstić information content (AvgIpc) is 3.77. The van der Waals surface area contributed by atoms with Crippen molar-refractivity contribution in [2.75, 3.05) is 0 Å². The van der Waals surface area contributed by atoms with E-state index in [2.05, 4.69) is 49.0 Å². The molecule has 9 fully saturated rings. The average molecular weight is 688 g/mol. The first kappa shape index (κ1) is 31.2. The van der Waals surface area contributed by atoms with Crippen molar-refractivity contribution in [3.05, 3.63) is 6.42 Å². The van der Waals surface area contributed by atoms with Crippen molar-refractivity contribution in [2.24, 2.45) is 47.3 Å². The number of hydrogen-bond acceptors (Lipinski definition) is 8. The van der Waals surface area contributed by atoms with E-state index in [4.69, 9.17) is 19.4 Å². The van der Waals surface area contributed by atoms with Gasteiger partial charge in [-0.25, -0.2) is 0 Å². The van der Waals surface area contributed by atoms with E-state index in [9.17, 15) is 0 Å². The van der Waals surface area contributed by atoms with Crippen molar-refractivity contribution in [1.29, 1.82) is 0 Å². The van der Waals surface area contributed by atoms with Crippen molar-refractivity contribution in [1.82, 2.24) is 42.5 Å². The quantitative estimate of drug-likeness (QED) is 0.144. The number of rotatable bonds is 0. The van der Waals surface area contributed by atoms with Gasteiger partial charge in [0.25, 0.3) is 0 Å². The van der Waals surface area contributed by atoms with Crippen molar-refractivity contribution in [3.63, 3.8) is 0 Å². The third-order valence-corrected chi connectivity index (χ3v) is 13.6. The first-order valence-corrected chi connectivity index (χ1v) is 26.1. The van der Waals surface area contributed by atoms with E-state index in [-0.39, 0.29) is 0 Å². The molecule has 8 bridgehead atoms. The molecule has 9 aliphatic rings. The predicted octanol–water partition coefficient (Wildman–Crippen LogP) is 3.80. The Kier molecular flexibility index (Phi) is 9.99. The second-order valence-corrected chi connectivity index (χ2v) is 20.1. The van der Waals surface area contributed by atoms with Crippen LogP contribution in [-0.4, -0.2) is 49.3 Å². The minimum atomic E-state index is -0.931. The normalized spacial score (nSPS) is 53.8. The van der Waals surface area contributed by atoms with Gasteiger partial charge in [0.15, 0.2) is 0 Å². The van der Waals surface area contributed by atoms with Gasteiger partial charge in [0, 0.05) is 6.17 Å². The molecule has 16 atom stereocenters. The molecule has 5 heterocycles. The molecular formula is C32H55Cl2N8Zn-. The van der Waals surface area contributed by atoms with Crippen LogP contribution in [0.5, 0.6) is 0 Å². The van der Waals surface area contributed by atoms with E-state index in [1.165, 1.54) is 96.3 Å². The van der Waals surface area contributed by atoms with Gasteiger partial charge in [-0.1, -0.05) is 51.4 Å². The summed E-state index contributed by atoms with van der Waals surface area (Å²) in [7, 11) is 9.90. The van der Waals surface area contributed by atoms with E-state index in [1.54, 1.807) is 0 Å². The molecule has 0 aromatic rings. The summed E-state index contributed by atoms with van der Waals surface area (Å²) in [5.41, 5.74) is 0. The van der Waals surface area contributed by atoms with Crippen LogP contribution in [0.25, 0.3) is 0 Å². The first-order valence-electron chi connectivity index (χ1n) is 18.3. The number of nitrogens with one attached hydrogen (secondary N) is 8. The van der Waals surface area contributed by atoms with E-state index in [0.717, 1.165) is 35.5 Å². The molecule has 4 saturated carbocycles. The molecule has 8 N–H and O–H groups in total. The molecule has 5 saturated heterocycles. The van der Waals surface area contributed by atoms with Gasteiger partial charge in [0.2, 0.25) is 0 Å². The predicted molar refractivity (Wildman–Crippen MR) is 169 cm³/mol. The summed E-state index contributed by atoms with van der Waals surface area (Å²) in [6, 6.07) is 0. The summed E-state index contributed by atoms with van der Waals surface area (Å²) < 4.78 is 0. The number of halogens is 2. The van der Waals surface area contributed by atoms with Crippen LogP contribution < -0.4 is 42.5 Å². The number of fused-ring (bicyclic) bond motifs is 20. The monoisotopic (exact) mass is 685 g/mol. The second-order valence-electron chi connectivity index (χ2n) is 15.5. The summed E-state index contributed by atoms with van der Waals surface area (Å²) in [5, 5.41) is 33.7. The van der Waals surface area contributed by atoms with Crippen LogP contribution >= 0.6 is 19.4 Å². The SMILES string of the molecule is [CH-]1CCCC2C3NC(NC4NC(NC5NC(NC6NC(N3)C3CCCCC63)C3CCCCC53)C3CCCCC43)C12.[Cl][Zn][Cl]. The molecule has 16 unspecified atom stereocenters.